The summed E-state index contributed by atoms with van der Waals surface area (Å²) in [5.74, 6) is -3.62. The van der Waals surface area contributed by atoms with E-state index in [-0.39, 0.29) is 23.2 Å². The molecule has 1 aromatic carbocycles. The van der Waals surface area contributed by atoms with Gasteiger partial charge in [-0.25, -0.2) is 9.59 Å². The van der Waals surface area contributed by atoms with Crippen molar-refractivity contribution in [3.8, 4) is 0 Å². The van der Waals surface area contributed by atoms with Crippen LogP contribution in [0.5, 0.6) is 0 Å². The lowest BCUT2D eigenvalue weighted by Crippen LogP contribution is -2.50. The van der Waals surface area contributed by atoms with Crippen LogP contribution >= 0.6 is 0 Å². The molecule has 12 heteroatoms. The summed E-state index contributed by atoms with van der Waals surface area (Å²) in [6, 6.07) is 7.77. The first-order valence-electron chi connectivity index (χ1n) is 15.7. The summed E-state index contributed by atoms with van der Waals surface area (Å²) < 4.78 is 0. The van der Waals surface area contributed by atoms with E-state index in [9.17, 15) is 14.4 Å². The topological polar surface area (TPSA) is 179 Å². The number of carbonyl (C=O) groups is 5. The number of carbonyl (C=O) groups excluding carboxylic acids is 3. The molecule has 0 saturated heterocycles. The minimum atomic E-state index is -1.82. The van der Waals surface area contributed by atoms with E-state index >= 15 is 0 Å². The van der Waals surface area contributed by atoms with E-state index in [0.29, 0.717) is 42.8 Å². The number of rotatable bonds is 12. The monoisotopic (exact) mass is 620 g/mol. The maximum atomic E-state index is 13.7. The van der Waals surface area contributed by atoms with Crippen molar-refractivity contribution < 1.29 is 39.7 Å². The van der Waals surface area contributed by atoms with E-state index in [0.717, 1.165) is 45.3 Å². The lowest BCUT2D eigenvalue weighted by Gasteiger charge is -2.42. The number of carboxylic acids is 2. The molecule has 248 valence electrons. The first-order valence-corrected chi connectivity index (χ1v) is 15.7. The van der Waals surface area contributed by atoms with Gasteiger partial charge in [0.1, 0.15) is 0 Å². The van der Waals surface area contributed by atoms with Crippen LogP contribution in [0.2, 0.25) is 0 Å². The molecule has 0 heterocycles. The van der Waals surface area contributed by atoms with Crippen LogP contribution in [0.25, 0.3) is 0 Å². The number of aliphatic carboxylic acids is 2. The summed E-state index contributed by atoms with van der Waals surface area (Å²) in [5, 5.41) is 17.5. The molecule has 0 radical (unpaired) electrons. The summed E-state index contributed by atoms with van der Waals surface area (Å²) in [7, 11) is 0. The third-order valence-electron chi connectivity index (χ3n) is 8.32. The van der Waals surface area contributed by atoms with E-state index in [2.05, 4.69) is 29.0 Å². The SMILES string of the molecule is CCN(CC)CCN(CCC(=O)N(C1CCCCC1)C1CCCCC1)C(=O)c1ccc(NC(C)=O)cc1.O.O=C(O)C(=O)O. The normalized spacial score (nSPS) is 15.3. The molecule has 0 aromatic heterocycles. The highest BCUT2D eigenvalue weighted by atomic mass is 16.4. The zero-order valence-electron chi connectivity index (χ0n) is 26.6. The van der Waals surface area contributed by atoms with Crippen LogP contribution in [0.15, 0.2) is 24.3 Å². The number of anilines is 1. The molecular weight excluding hydrogens is 568 g/mol. The highest BCUT2D eigenvalue weighted by molar-refractivity contribution is 6.27. The molecule has 5 N–H and O–H groups in total. The number of nitrogens with one attached hydrogen (secondary N) is 1. The number of nitrogens with zero attached hydrogens (tertiary/aromatic N) is 3. The van der Waals surface area contributed by atoms with Crippen molar-refractivity contribution in [3.63, 3.8) is 0 Å². The van der Waals surface area contributed by atoms with Crippen molar-refractivity contribution in [2.45, 2.75) is 103 Å². The fourth-order valence-electron chi connectivity index (χ4n) is 5.98. The predicted molar refractivity (Wildman–Crippen MR) is 169 cm³/mol. The highest BCUT2D eigenvalue weighted by Crippen LogP contribution is 2.31. The fraction of sp³-hybridized carbons (Fsp3) is 0.656. The molecule has 3 amide bonds. The molecule has 2 saturated carbocycles. The predicted octanol–water partition coefficient (Wildman–Crippen LogP) is 3.64. The Labute approximate surface area is 261 Å². The van der Waals surface area contributed by atoms with E-state index in [1.807, 2.05) is 4.90 Å². The summed E-state index contributed by atoms with van der Waals surface area (Å²) >= 11 is 0. The van der Waals surface area contributed by atoms with E-state index in [1.165, 1.54) is 45.4 Å². The lowest BCUT2D eigenvalue weighted by molar-refractivity contribution is -0.159. The fourth-order valence-corrected chi connectivity index (χ4v) is 5.98. The zero-order chi connectivity index (χ0) is 31.8. The molecule has 12 nitrogen and oxygen atoms in total. The van der Waals surface area contributed by atoms with Crippen LogP contribution in [0.4, 0.5) is 5.69 Å². The van der Waals surface area contributed by atoms with Crippen LogP contribution in [0, 0.1) is 0 Å². The maximum absolute atomic E-state index is 13.7. The molecule has 2 fully saturated rings. The Morgan fingerprint density at radius 2 is 1.23 bits per heavy atom. The van der Waals surface area contributed by atoms with Gasteiger partial charge in [-0.05, 0) is 63.0 Å². The second-order valence-electron chi connectivity index (χ2n) is 11.3. The smallest absolute Gasteiger partial charge is 0.414 e. The summed E-state index contributed by atoms with van der Waals surface area (Å²) in [6.45, 7) is 9.40. The number of benzene rings is 1. The van der Waals surface area contributed by atoms with Gasteiger partial charge in [-0.1, -0.05) is 52.4 Å². The second-order valence-corrected chi connectivity index (χ2v) is 11.3. The van der Waals surface area contributed by atoms with Gasteiger partial charge in [0.25, 0.3) is 5.91 Å². The van der Waals surface area contributed by atoms with Crippen LogP contribution in [0.1, 0.15) is 102 Å². The van der Waals surface area contributed by atoms with Gasteiger partial charge >= 0.3 is 11.9 Å². The molecule has 1 aromatic rings. The van der Waals surface area contributed by atoms with Crippen molar-refractivity contribution in [3.05, 3.63) is 29.8 Å². The number of amides is 3. The highest BCUT2D eigenvalue weighted by Gasteiger charge is 2.32. The number of likely N-dealkylation sites (N-methyl/N-ethyl adjacent to an activating group) is 1. The maximum Gasteiger partial charge on any atom is 0.414 e. The molecule has 2 aliphatic carbocycles. The van der Waals surface area contributed by atoms with E-state index in [4.69, 9.17) is 19.8 Å². The Morgan fingerprint density at radius 1 is 0.750 bits per heavy atom. The standard InChI is InChI=1S/C30H48N4O3.C2H2O4.H2O/c1-4-32(5-2)22-23-33(30(37)25-16-18-26(19-17-25)31-24(3)35)21-20-29(36)34(27-12-8-6-9-13-27)28-14-10-7-11-15-28;3-1(4)2(5)6;/h16-19,27-28H,4-15,20-23H2,1-3H3,(H,31,35);(H,3,4)(H,5,6);1H2. The average molecular weight is 621 g/mol. The van der Waals surface area contributed by atoms with Crippen LogP contribution in [-0.2, 0) is 19.2 Å². The molecular formula is C32H52N4O8. The number of carboxylic acid groups (broad SMARTS) is 2. The van der Waals surface area contributed by atoms with Gasteiger partial charge < -0.3 is 35.7 Å². The summed E-state index contributed by atoms with van der Waals surface area (Å²) in [6.07, 6.45) is 12.3. The molecule has 0 spiro atoms. The van der Waals surface area contributed by atoms with E-state index < -0.39 is 11.9 Å². The second kappa shape index (κ2) is 20.4. The Bertz CT molecular complexity index is 1020. The van der Waals surface area contributed by atoms with Crippen molar-refractivity contribution in [1.82, 2.24) is 14.7 Å². The van der Waals surface area contributed by atoms with Crippen molar-refractivity contribution >= 4 is 35.3 Å². The molecule has 2 aliphatic rings. The summed E-state index contributed by atoms with van der Waals surface area (Å²) in [4.78, 5) is 63.3. The Balaban J connectivity index is 0.00000125. The third-order valence-corrected chi connectivity index (χ3v) is 8.32. The van der Waals surface area contributed by atoms with E-state index in [1.54, 1.807) is 24.3 Å². The molecule has 0 aliphatic heterocycles. The largest absolute Gasteiger partial charge is 0.473 e. The average Bonchev–Trinajstić information content (AvgIpc) is 3.00. The van der Waals surface area contributed by atoms with Gasteiger partial charge in [-0.15, -0.1) is 0 Å². The van der Waals surface area contributed by atoms with Crippen molar-refractivity contribution in [2.75, 3.05) is 38.0 Å². The minimum Gasteiger partial charge on any atom is -0.473 e. The third kappa shape index (κ3) is 13.0. The van der Waals surface area contributed by atoms with Gasteiger partial charge in [0.05, 0.1) is 0 Å². The first-order chi connectivity index (χ1) is 20.6. The van der Waals surface area contributed by atoms with Gasteiger partial charge in [-0.3, -0.25) is 14.4 Å². The molecule has 0 atom stereocenters. The van der Waals surface area contributed by atoms with Gasteiger partial charge in [0.15, 0.2) is 0 Å². The quantitative estimate of drug-likeness (QED) is 0.296. The molecule has 3 rings (SSSR count). The summed E-state index contributed by atoms with van der Waals surface area (Å²) in [5.41, 5.74) is 1.25. The van der Waals surface area contributed by atoms with Crippen LogP contribution < -0.4 is 5.32 Å². The number of hydrogen-bond donors (Lipinski definition) is 3. The van der Waals surface area contributed by atoms with Gasteiger partial charge in [0, 0.05) is 56.3 Å². The molecule has 0 unspecified atom stereocenters. The lowest BCUT2D eigenvalue weighted by atomic mass is 9.88. The zero-order valence-corrected chi connectivity index (χ0v) is 26.6. The van der Waals surface area contributed by atoms with Crippen LogP contribution in [0.3, 0.4) is 0 Å². The Kier molecular flexibility index (Phi) is 17.9. The number of hydrogen-bond acceptors (Lipinski definition) is 6. The van der Waals surface area contributed by atoms with Crippen molar-refractivity contribution in [1.29, 1.82) is 0 Å². The minimum absolute atomic E-state index is 0. The van der Waals surface area contributed by atoms with Gasteiger partial charge in [0.2, 0.25) is 11.8 Å². The molecule has 44 heavy (non-hydrogen) atoms. The first kappa shape index (κ1) is 38.5. The van der Waals surface area contributed by atoms with Crippen LogP contribution in [-0.4, -0.2) is 105 Å². The van der Waals surface area contributed by atoms with Crippen molar-refractivity contribution in [2.24, 2.45) is 0 Å². The van der Waals surface area contributed by atoms with Gasteiger partial charge in [-0.2, -0.15) is 0 Å². The molecule has 0 bridgehead atoms. The Hall–Kier alpha value is -3.51. The Morgan fingerprint density at radius 3 is 1.64 bits per heavy atom.